The van der Waals surface area contributed by atoms with Gasteiger partial charge >= 0.3 is 0 Å². The Bertz CT molecular complexity index is 486. The van der Waals surface area contributed by atoms with Crippen molar-refractivity contribution in [3.8, 4) is 0 Å². The molecule has 0 aromatic heterocycles. The van der Waals surface area contributed by atoms with Gasteiger partial charge in [0.25, 0.3) is 0 Å². The molecule has 0 amide bonds. The SMILES string of the molecule is Clc1ccc([C@@H]2N=C(CCCN3CCOCC3)ON2)cc1. The minimum atomic E-state index is -0.124. The number of nitrogens with one attached hydrogen (secondary N) is 1. The number of aliphatic imine (C=N–C) groups is 1. The molecule has 1 fully saturated rings. The van der Waals surface area contributed by atoms with Crippen LogP contribution in [0.2, 0.25) is 5.02 Å². The smallest absolute Gasteiger partial charge is 0.211 e. The Balaban J connectivity index is 1.46. The zero-order chi connectivity index (χ0) is 14.5. The lowest BCUT2D eigenvalue weighted by Gasteiger charge is -2.26. The average molecular weight is 310 g/mol. The summed E-state index contributed by atoms with van der Waals surface area (Å²) >= 11 is 5.89. The Morgan fingerprint density at radius 2 is 2.00 bits per heavy atom. The Morgan fingerprint density at radius 3 is 2.76 bits per heavy atom. The largest absolute Gasteiger partial charge is 0.391 e. The van der Waals surface area contributed by atoms with Crippen LogP contribution in [-0.2, 0) is 9.57 Å². The molecular weight excluding hydrogens is 290 g/mol. The Labute approximate surface area is 129 Å². The molecule has 0 bridgehead atoms. The van der Waals surface area contributed by atoms with Crippen molar-refractivity contribution >= 4 is 17.5 Å². The molecule has 1 N–H and O–H groups in total. The molecule has 21 heavy (non-hydrogen) atoms. The molecule has 0 saturated carbocycles. The number of ether oxygens (including phenoxy) is 1. The summed E-state index contributed by atoms with van der Waals surface area (Å²) in [5, 5.41) is 0.729. The highest BCUT2D eigenvalue weighted by molar-refractivity contribution is 6.30. The second kappa shape index (κ2) is 7.22. The molecule has 1 saturated heterocycles. The number of hydrogen-bond acceptors (Lipinski definition) is 5. The number of rotatable bonds is 5. The van der Waals surface area contributed by atoms with Crippen molar-refractivity contribution in [3.63, 3.8) is 0 Å². The Kier molecular flexibility index (Phi) is 5.08. The molecule has 0 spiro atoms. The number of morpholine rings is 1. The number of hydrogen-bond donors (Lipinski definition) is 1. The molecule has 0 unspecified atom stereocenters. The second-order valence-electron chi connectivity index (χ2n) is 5.25. The van der Waals surface area contributed by atoms with Crippen molar-refractivity contribution in [3.05, 3.63) is 34.9 Å². The molecule has 114 valence electrons. The van der Waals surface area contributed by atoms with Gasteiger partial charge in [0.15, 0.2) is 6.17 Å². The van der Waals surface area contributed by atoms with Gasteiger partial charge in [-0.2, -0.15) is 0 Å². The van der Waals surface area contributed by atoms with Crippen LogP contribution >= 0.6 is 11.6 Å². The number of nitrogens with zero attached hydrogens (tertiary/aromatic N) is 2. The summed E-state index contributed by atoms with van der Waals surface area (Å²) in [6, 6.07) is 7.65. The quantitative estimate of drug-likeness (QED) is 0.907. The average Bonchev–Trinajstić information content (AvgIpc) is 2.98. The summed E-state index contributed by atoms with van der Waals surface area (Å²) < 4.78 is 5.34. The summed E-state index contributed by atoms with van der Waals surface area (Å²) in [4.78, 5) is 12.5. The molecule has 2 heterocycles. The maximum Gasteiger partial charge on any atom is 0.211 e. The van der Waals surface area contributed by atoms with E-state index >= 15 is 0 Å². The fourth-order valence-corrected chi connectivity index (χ4v) is 2.63. The van der Waals surface area contributed by atoms with E-state index in [1.165, 1.54) is 0 Å². The van der Waals surface area contributed by atoms with E-state index in [4.69, 9.17) is 21.2 Å². The van der Waals surface area contributed by atoms with Crippen LogP contribution in [0.5, 0.6) is 0 Å². The summed E-state index contributed by atoms with van der Waals surface area (Å²) in [6.45, 7) is 4.81. The third-order valence-corrected chi connectivity index (χ3v) is 3.97. The van der Waals surface area contributed by atoms with Crippen LogP contribution in [-0.4, -0.2) is 43.6 Å². The molecule has 2 aliphatic heterocycles. The van der Waals surface area contributed by atoms with Crippen molar-refractivity contribution in [2.24, 2.45) is 4.99 Å². The minimum absolute atomic E-state index is 0.124. The highest BCUT2D eigenvalue weighted by atomic mass is 35.5. The minimum Gasteiger partial charge on any atom is -0.391 e. The van der Waals surface area contributed by atoms with Gasteiger partial charge in [-0.25, -0.2) is 4.99 Å². The number of halogens is 1. The van der Waals surface area contributed by atoms with Gasteiger partial charge in [-0.3, -0.25) is 4.90 Å². The van der Waals surface area contributed by atoms with Crippen molar-refractivity contribution in [1.82, 2.24) is 10.4 Å². The highest BCUT2D eigenvalue weighted by Gasteiger charge is 2.20. The molecule has 1 atom stereocenters. The van der Waals surface area contributed by atoms with Gasteiger partial charge in [-0.1, -0.05) is 23.7 Å². The van der Waals surface area contributed by atoms with Crippen LogP contribution in [0.25, 0.3) is 0 Å². The summed E-state index contributed by atoms with van der Waals surface area (Å²) in [7, 11) is 0. The molecular formula is C15H20ClN3O2. The zero-order valence-electron chi connectivity index (χ0n) is 11.9. The first-order valence-corrected chi connectivity index (χ1v) is 7.74. The maximum atomic E-state index is 5.89. The van der Waals surface area contributed by atoms with E-state index in [-0.39, 0.29) is 6.17 Å². The van der Waals surface area contributed by atoms with E-state index in [0.717, 1.165) is 62.2 Å². The summed E-state index contributed by atoms with van der Waals surface area (Å²) in [5.74, 6) is 0.781. The first-order chi connectivity index (χ1) is 10.3. The topological polar surface area (TPSA) is 46.1 Å². The van der Waals surface area contributed by atoms with E-state index < -0.39 is 0 Å². The van der Waals surface area contributed by atoms with E-state index in [1.807, 2.05) is 24.3 Å². The summed E-state index contributed by atoms with van der Waals surface area (Å²) in [6.07, 6.45) is 1.78. The fourth-order valence-electron chi connectivity index (χ4n) is 2.50. The van der Waals surface area contributed by atoms with Crippen LogP contribution in [0.15, 0.2) is 29.3 Å². The summed E-state index contributed by atoms with van der Waals surface area (Å²) in [5.41, 5.74) is 4.01. The Hall–Kier alpha value is -1.14. The third kappa shape index (κ3) is 4.17. The molecule has 3 rings (SSSR count). The lowest BCUT2D eigenvalue weighted by Crippen LogP contribution is -2.37. The van der Waals surface area contributed by atoms with E-state index in [1.54, 1.807) is 0 Å². The molecule has 1 aromatic carbocycles. The highest BCUT2D eigenvalue weighted by Crippen LogP contribution is 2.21. The van der Waals surface area contributed by atoms with Gasteiger partial charge in [0.05, 0.1) is 13.2 Å². The fraction of sp³-hybridized carbons (Fsp3) is 0.533. The molecule has 0 aliphatic carbocycles. The normalized spacial score (nSPS) is 22.9. The van der Waals surface area contributed by atoms with Gasteiger partial charge < -0.3 is 9.57 Å². The van der Waals surface area contributed by atoms with Gasteiger partial charge in [-0.15, -0.1) is 5.48 Å². The van der Waals surface area contributed by atoms with Crippen LogP contribution < -0.4 is 5.48 Å². The van der Waals surface area contributed by atoms with Crippen LogP contribution in [0.4, 0.5) is 0 Å². The number of hydroxylamine groups is 1. The molecule has 2 aliphatic rings. The number of benzene rings is 1. The third-order valence-electron chi connectivity index (χ3n) is 3.72. The molecule has 6 heteroatoms. The lowest BCUT2D eigenvalue weighted by atomic mass is 10.2. The molecule has 0 radical (unpaired) electrons. The Morgan fingerprint density at radius 1 is 1.24 bits per heavy atom. The van der Waals surface area contributed by atoms with Gasteiger partial charge in [0, 0.05) is 24.5 Å². The van der Waals surface area contributed by atoms with E-state index in [9.17, 15) is 0 Å². The maximum absolute atomic E-state index is 5.89. The van der Waals surface area contributed by atoms with Crippen molar-refractivity contribution in [2.75, 3.05) is 32.8 Å². The van der Waals surface area contributed by atoms with Crippen LogP contribution in [0, 0.1) is 0 Å². The monoisotopic (exact) mass is 309 g/mol. The molecule has 1 aromatic rings. The second-order valence-corrected chi connectivity index (χ2v) is 5.69. The lowest BCUT2D eigenvalue weighted by molar-refractivity contribution is 0.0374. The van der Waals surface area contributed by atoms with Crippen molar-refractivity contribution in [1.29, 1.82) is 0 Å². The first-order valence-electron chi connectivity index (χ1n) is 7.36. The van der Waals surface area contributed by atoms with Gasteiger partial charge in [0.2, 0.25) is 5.90 Å². The molecule has 5 nitrogen and oxygen atoms in total. The van der Waals surface area contributed by atoms with Crippen LogP contribution in [0.1, 0.15) is 24.6 Å². The standard InChI is InChI=1S/C15H20ClN3O2/c16-13-5-3-12(4-6-13)15-17-14(21-18-15)2-1-7-19-8-10-20-11-9-19/h3-6,15,18H,1-2,7-11H2/t15-/m1/s1. The predicted molar refractivity (Wildman–Crippen MR) is 82.3 cm³/mol. The predicted octanol–water partition coefficient (Wildman–Crippen LogP) is 2.38. The van der Waals surface area contributed by atoms with Crippen LogP contribution in [0.3, 0.4) is 0 Å². The zero-order valence-corrected chi connectivity index (χ0v) is 12.7. The van der Waals surface area contributed by atoms with Gasteiger partial charge in [0.1, 0.15) is 0 Å². The van der Waals surface area contributed by atoms with E-state index in [2.05, 4.69) is 15.4 Å². The van der Waals surface area contributed by atoms with Crippen molar-refractivity contribution in [2.45, 2.75) is 19.0 Å². The van der Waals surface area contributed by atoms with Crippen molar-refractivity contribution < 1.29 is 9.57 Å². The first kappa shape index (κ1) is 14.8. The van der Waals surface area contributed by atoms with E-state index in [0.29, 0.717) is 0 Å². The van der Waals surface area contributed by atoms with Gasteiger partial charge in [-0.05, 0) is 30.7 Å².